The maximum atomic E-state index is 12.8. The molecule has 39 heavy (non-hydrogen) atoms. The van der Waals surface area contributed by atoms with Gasteiger partial charge in [0.15, 0.2) is 6.10 Å². The lowest BCUT2D eigenvalue weighted by Gasteiger charge is -2.49. The molecule has 7 heteroatoms. The van der Waals surface area contributed by atoms with E-state index >= 15 is 0 Å². The molecule has 5 aliphatic carbocycles. The molecule has 7 rings (SSSR count). The molecule has 7 nitrogen and oxygen atoms in total. The summed E-state index contributed by atoms with van der Waals surface area (Å²) in [5.74, 6) is 1.54. The molecular formula is C32H38O7. The Balaban J connectivity index is 1.09. The lowest BCUT2D eigenvalue weighted by atomic mass is 9.61. The van der Waals surface area contributed by atoms with Gasteiger partial charge in [-0.2, -0.15) is 0 Å². The standard InChI is InChI=1S/C32H38O7/c1-16-4-6-19(7-5-16)13-36-32(34)39-31-18(3)35-14-26-25(31)11-23-24(30(26)33)9-21-8-20-10-27-28(38-15-37-27)12-22(20)17(2)29(21)23/h4-6,8,10,12,17,19,23-31,33H,3,7,9,11,13-15H2,1-2H3. The van der Waals surface area contributed by atoms with Crippen LogP contribution >= 0.6 is 0 Å². The molecule has 0 bridgehead atoms. The third-order valence-corrected chi connectivity index (χ3v) is 10.3. The van der Waals surface area contributed by atoms with E-state index < -0.39 is 18.4 Å². The maximum absolute atomic E-state index is 12.8. The van der Waals surface area contributed by atoms with Crippen LogP contribution in [0.25, 0.3) is 0 Å². The molecule has 7 aliphatic rings. The minimum absolute atomic E-state index is 0.0166. The third kappa shape index (κ3) is 4.34. The van der Waals surface area contributed by atoms with Crippen LogP contribution in [0, 0.1) is 41.4 Å². The van der Waals surface area contributed by atoms with Crippen molar-refractivity contribution in [1.29, 1.82) is 0 Å². The van der Waals surface area contributed by atoms with E-state index in [0.717, 1.165) is 19.3 Å². The Kier molecular flexibility index (Phi) is 6.37. The second-order valence-corrected chi connectivity index (χ2v) is 12.4. The van der Waals surface area contributed by atoms with Gasteiger partial charge >= 0.3 is 6.16 Å². The Morgan fingerprint density at radius 3 is 2.77 bits per heavy atom. The highest BCUT2D eigenvalue weighted by Gasteiger charge is 2.57. The fraction of sp³-hybridized carbons (Fsp3) is 0.594. The summed E-state index contributed by atoms with van der Waals surface area (Å²) in [6, 6.07) is 0. The zero-order valence-corrected chi connectivity index (χ0v) is 22.7. The molecule has 0 amide bonds. The molecule has 11 atom stereocenters. The van der Waals surface area contributed by atoms with E-state index in [2.05, 4.69) is 56.9 Å². The number of hydrogen-bond acceptors (Lipinski definition) is 7. The zero-order chi connectivity index (χ0) is 26.8. The number of rotatable bonds is 3. The normalized spacial score (nSPS) is 43.8. The van der Waals surface area contributed by atoms with Crippen LogP contribution in [-0.4, -0.2) is 55.7 Å². The molecule has 0 spiro atoms. The molecule has 11 unspecified atom stereocenters. The van der Waals surface area contributed by atoms with E-state index in [9.17, 15) is 9.90 Å². The number of allylic oxidation sites excluding steroid dienone is 7. The van der Waals surface area contributed by atoms with Gasteiger partial charge in [-0.1, -0.05) is 49.0 Å². The highest BCUT2D eigenvalue weighted by atomic mass is 16.7. The predicted octanol–water partition coefficient (Wildman–Crippen LogP) is 5.01. The third-order valence-electron chi connectivity index (χ3n) is 10.3. The topological polar surface area (TPSA) is 83.5 Å². The zero-order valence-electron chi connectivity index (χ0n) is 22.7. The van der Waals surface area contributed by atoms with Gasteiger partial charge in [0.05, 0.1) is 12.7 Å². The van der Waals surface area contributed by atoms with Gasteiger partial charge in [-0.05, 0) is 73.2 Å². The first kappa shape index (κ1) is 25.4. The summed E-state index contributed by atoms with van der Waals surface area (Å²) in [5, 5.41) is 11.6. The highest BCUT2D eigenvalue weighted by Crippen LogP contribution is 2.59. The minimum Gasteiger partial charge on any atom is -0.494 e. The van der Waals surface area contributed by atoms with E-state index in [0.29, 0.717) is 36.9 Å². The van der Waals surface area contributed by atoms with E-state index in [1.807, 2.05) is 0 Å². The Morgan fingerprint density at radius 1 is 1.15 bits per heavy atom. The summed E-state index contributed by atoms with van der Waals surface area (Å²) in [4.78, 5) is 12.8. The molecule has 2 saturated heterocycles. The Labute approximate surface area is 229 Å². The number of fused-ring (bicyclic) bond motifs is 6. The molecular weight excluding hydrogens is 496 g/mol. The average molecular weight is 535 g/mol. The molecule has 0 aromatic carbocycles. The lowest BCUT2D eigenvalue weighted by Crippen LogP contribution is -2.53. The smallest absolute Gasteiger partial charge is 0.494 e. The predicted molar refractivity (Wildman–Crippen MR) is 143 cm³/mol. The van der Waals surface area contributed by atoms with Gasteiger partial charge in [0.1, 0.15) is 31.4 Å². The molecule has 0 aromatic heterocycles. The maximum Gasteiger partial charge on any atom is 0.509 e. The van der Waals surface area contributed by atoms with Gasteiger partial charge < -0.3 is 28.8 Å². The van der Waals surface area contributed by atoms with Crippen LogP contribution in [0.4, 0.5) is 4.79 Å². The first-order chi connectivity index (χ1) is 18.9. The van der Waals surface area contributed by atoms with Crippen LogP contribution in [0.2, 0.25) is 0 Å². The largest absolute Gasteiger partial charge is 0.509 e. The molecule has 208 valence electrons. The summed E-state index contributed by atoms with van der Waals surface area (Å²) < 4.78 is 28.8. The minimum atomic E-state index is -0.699. The summed E-state index contributed by atoms with van der Waals surface area (Å²) in [6.07, 6.45) is 13.8. The molecule has 1 N–H and O–H groups in total. The molecule has 4 fully saturated rings. The van der Waals surface area contributed by atoms with Crippen LogP contribution in [0.5, 0.6) is 0 Å². The molecule has 2 heterocycles. The lowest BCUT2D eigenvalue weighted by molar-refractivity contribution is -0.138. The second-order valence-electron chi connectivity index (χ2n) is 12.4. The molecule has 2 aliphatic heterocycles. The van der Waals surface area contributed by atoms with E-state index in [1.165, 1.54) is 22.3 Å². The number of hydrogen-bond donors (Lipinski definition) is 1. The quantitative estimate of drug-likeness (QED) is 0.510. The van der Waals surface area contributed by atoms with Crippen LogP contribution in [0.3, 0.4) is 0 Å². The van der Waals surface area contributed by atoms with Gasteiger partial charge in [0.25, 0.3) is 0 Å². The van der Waals surface area contributed by atoms with E-state index in [4.69, 9.17) is 23.7 Å². The first-order valence-electron chi connectivity index (χ1n) is 14.4. The van der Waals surface area contributed by atoms with Gasteiger partial charge in [-0.15, -0.1) is 0 Å². The van der Waals surface area contributed by atoms with Crippen LogP contribution in [0.1, 0.15) is 33.1 Å². The van der Waals surface area contributed by atoms with Gasteiger partial charge in [0.2, 0.25) is 0 Å². The van der Waals surface area contributed by atoms with Crippen molar-refractivity contribution in [3.63, 3.8) is 0 Å². The molecule has 0 aromatic rings. The number of aliphatic hydroxyl groups excluding tert-OH is 1. The average Bonchev–Trinajstić information content (AvgIpc) is 3.53. The fourth-order valence-corrected chi connectivity index (χ4v) is 8.32. The Morgan fingerprint density at radius 2 is 1.97 bits per heavy atom. The number of carbonyl (C=O) groups excluding carboxylic acids is 1. The summed E-state index contributed by atoms with van der Waals surface area (Å²) in [6.45, 7) is 9.45. The van der Waals surface area contributed by atoms with Gasteiger partial charge in [-0.25, -0.2) is 4.79 Å². The van der Waals surface area contributed by atoms with Crippen molar-refractivity contribution in [3.05, 3.63) is 71.1 Å². The number of ether oxygens (including phenoxy) is 5. The van der Waals surface area contributed by atoms with Gasteiger partial charge in [0, 0.05) is 17.8 Å². The van der Waals surface area contributed by atoms with Crippen LogP contribution in [0.15, 0.2) is 71.1 Å². The van der Waals surface area contributed by atoms with E-state index in [1.54, 1.807) is 0 Å². The van der Waals surface area contributed by atoms with E-state index in [-0.39, 0.29) is 42.5 Å². The van der Waals surface area contributed by atoms with Crippen molar-refractivity contribution >= 4 is 6.16 Å². The van der Waals surface area contributed by atoms with Crippen LogP contribution in [-0.2, 0) is 23.7 Å². The van der Waals surface area contributed by atoms with Crippen molar-refractivity contribution in [1.82, 2.24) is 0 Å². The molecule has 0 radical (unpaired) electrons. The first-order valence-corrected chi connectivity index (χ1v) is 14.4. The Hall–Kier alpha value is -2.61. The summed E-state index contributed by atoms with van der Waals surface area (Å²) >= 11 is 0. The van der Waals surface area contributed by atoms with Crippen LogP contribution < -0.4 is 0 Å². The Bertz CT molecular complexity index is 1210. The number of aliphatic hydroxyl groups is 1. The highest BCUT2D eigenvalue weighted by molar-refractivity contribution is 5.60. The summed E-state index contributed by atoms with van der Waals surface area (Å²) in [7, 11) is 0. The van der Waals surface area contributed by atoms with Gasteiger partial charge in [-0.3, -0.25) is 0 Å². The van der Waals surface area contributed by atoms with Crippen molar-refractivity contribution < 1.29 is 33.6 Å². The van der Waals surface area contributed by atoms with Crippen molar-refractivity contribution in [2.24, 2.45) is 41.4 Å². The molecule has 2 saturated carbocycles. The SMILES string of the molecule is C=C1OCC2C(O)C3CC4=CC5=CC6OCOC6C=C5C(C)C4C3CC2C1OC(=O)OCC1C=CC(C)=CC1. The van der Waals surface area contributed by atoms with Crippen molar-refractivity contribution in [2.45, 2.75) is 57.5 Å². The monoisotopic (exact) mass is 534 g/mol. The fourth-order valence-electron chi connectivity index (χ4n) is 8.32. The van der Waals surface area contributed by atoms with Crippen molar-refractivity contribution in [3.8, 4) is 0 Å². The second kappa shape index (κ2) is 9.79. The van der Waals surface area contributed by atoms with Crippen molar-refractivity contribution in [2.75, 3.05) is 20.0 Å². The number of carbonyl (C=O) groups is 1. The summed E-state index contributed by atoms with van der Waals surface area (Å²) in [5.41, 5.74) is 5.20.